The van der Waals surface area contributed by atoms with Crippen LogP contribution in [0.4, 0.5) is 10.5 Å². The second-order valence-electron chi connectivity index (χ2n) is 5.94. The Hall–Kier alpha value is -2.31. The quantitative estimate of drug-likeness (QED) is 0.884. The fourth-order valence-electron chi connectivity index (χ4n) is 2.74. The van der Waals surface area contributed by atoms with Gasteiger partial charge in [0, 0.05) is 18.8 Å². The van der Waals surface area contributed by atoms with Gasteiger partial charge in [-0.25, -0.2) is 4.79 Å². The standard InChI is InChI=1S/C18H22N2O4/c21-16-6-2-8-20(11-16)18(22)19-15-5-1-4-14(10-15)12-23-13-17-7-3-9-24-17/h1,3-5,7,9-10,16,21H,2,6,8,11-13H2,(H,19,22). The van der Waals surface area contributed by atoms with Crippen molar-refractivity contribution in [2.45, 2.75) is 32.2 Å². The number of piperidine rings is 1. The first-order chi connectivity index (χ1) is 11.7. The number of anilines is 1. The van der Waals surface area contributed by atoms with Crippen molar-refractivity contribution in [3.05, 3.63) is 54.0 Å². The number of hydrogen-bond donors (Lipinski definition) is 2. The molecule has 6 heteroatoms. The van der Waals surface area contributed by atoms with Gasteiger partial charge >= 0.3 is 6.03 Å². The molecule has 3 rings (SSSR count). The molecule has 6 nitrogen and oxygen atoms in total. The van der Waals surface area contributed by atoms with Gasteiger partial charge in [0.1, 0.15) is 12.4 Å². The highest BCUT2D eigenvalue weighted by Gasteiger charge is 2.21. The van der Waals surface area contributed by atoms with Crippen LogP contribution in [0.25, 0.3) is 0 Å². The molecule has 0 radical (unpaired) electrons. The fraction of sp³-hybridized carbons (Fsp3) is 0.389. The van der Waals surface area contributed by atoms with Gasteiger partial charge in [0.05, 0.1) is 19.0 Å². The second-order valence-corrected chi connectivity index (χ2v) is 5.94. The molecular formula is C18H22N2O4. The molecular weight excluding hydrogens is 308 g/mol. The summed E-state index contributed by atoms with van der Waals surface area (Å²) in [7, 11) is 0. The van der Waals surface area contributed by atoms with Gasteiger partial charge in [0.25, 0.3) is 0 Å². The fourth-order valence-corrected chi connectivity index (χ4v) is 2.74. The number of urea groups is 1. The van der Waals surface area contributed by atoms with Crippen molar-refractivity contribution in [3.8, 4) is 0 Å². The zero-order valence-electron chi connectivity index (χ0n) is 13.5. The summed E-state index contributed by atoms with van der Waals surface area (Å²) in [4.78, 5) is 13.9. The minimum Gasteiger partial charge on any atom is -0.467 e. The first-order valence-corrected chi connectivity index (χ1v) is 8.14. The molecule has 1 aliphatic rings. The molecule has 128 valence electrons. The van der Waals surface area contributed by atoms with Crippen LogP contribution >= 0.6 is 0 Å². The molecule has 1 fully saturated rings. The van der Waals surface area contributed by atoms with Crippen LogP contribution in [0.2, 0.25) is 0 Å². The predicted octanol–water partition coefficient (Wildman–Crippen LogP) is 2.99. The number of amides is 2. The maximum Gasteiger partial charge on any atom is 0.321 e. The minimum absolute atomic E-state index is 0.178. The Kier molecular flexibility index (Phi) is 5.51. The van der Waals surface area contributed by atoms with Crippen LogP contribution in [-0.2, 0) is 18.0 Å². The summed E-state index contributed by atoms with van der Waals surface area (Å²) in [6.45, 7) is 1.91. The molecule has 2 aromatic rings. The summed E-state index contributed by atoms with van der Waals surface area (Å²) in [5.41, 5.74) is 1.69. The Bertz CT molecular complexity index is 657. The lowest BCUT2D eigenvalue weighted by molar-refractivity contribution is 0.0883. The van der Waals surface area contributed by atoms with E-state index in [0.29, 0.717) is 26.3 Å². The number of likely N-dealkylation sites (tertiary alicyclic amines) is 1. The Morgan fingerprint density at radius 3 is 3.04 bits per heavy atom. The van der Waals surface area contributed by atoms with Gasteiger partial charge in [-0.1, -0.05) is 12.1 Å². The number of aliphatic hydroxyl groups is 1. The Labute approximate surface area is 141 Å². The molecule has 2 heterocycles. The van der Waals surface area contributed by atoms with Crippen LogP contribution in [0.1, 0.15) is 24.2 Å². The molecule has 2 amide bonds. The first-order valence-electron chi connectivity index (χ1n) is 8.14. The van der Waals surface area contributed by atoms with Gasteiger partial charge < -0.3 is 24.5 Å². The third kappa shape index (κ3) is 4.59. The van der Waals surface area contributed by atoms with Gasteiger partial charge in [-0.2, -0.15) is 0 Å². The summed E-state index contributed by atoms with van der Waals surface area (Å²) in [5, 5.41) is 12.5. The van der Waals surface area contributed by atoms with E-state index in [4.69, 9.17) is 9.15 Å². The molecule has 2 N–H and O–H groups in total. The number of nitrogens with one attached hydrogen (secondary N) is 1. The lowest BCUT2D eigenvalue weighted by atomic mass is 10.1. The van der Waals surface area contributed by atoms with Crippen molar-refractivity contribution < 1.29 is 19.1 Å². The van der Waals surface area contributed by atoms with Crippen molar-refractivity contribution in [1.29, 1.82) is 0 Å². The molecule has 0 bridgehead atoms. The molecule has 1 unspecified atom stereocenters. The van der Waals surface area contributed by atoms with Crippen molar-refractivity contribution in [2.75, 3.05) is 18.4 Å². The zero-order valence-corrected chi connectivity index (χ0v) is 13.5. The van der Waals surface area contributed by atoms with Gasteiger partial charge in [-0.05, 0) is 42.7 Å². The molecule has 0 saturated carbocycles. The molecule has 1 aliphatic heterocycles. The van der Waals surface area contributed by atoms with Crippen molar-refractivity contribution >= 4 is 11.7 Å². The maximum atomic E-state index is 12.3. The number of benzene rings is 1. The van der Waals surface area contributed by atoms with E-state index in [2.05, 4.69) is 5.32 Å². The van der Waals surface area contributed by atoms with E-state index in [1.807, 2.05) is 36.4 Å². The van der Waals surface area contributed by atoms with E-state index in [1.165, 1.54) is 0 Å². The third-order valence-corrected chi connectivity index (χ3v) is 3.96. The highest BCUT2D eigenvalue weighted by Crippen LogP contribution is 2.15. The lowest BCUT2D eigenvalue weighted by Gasteiger charge is -2.30. The average Bonchev–Trinajstić information content (AvgIpc) is 3.09. The number of β-amino-alcohol motifs (C(OH)–C–C–N with tert-alkyl or cyclic N) is 1. The topological polar surface area (TPSA) is 74.9 Å². The highest BCUT2D eigenvalue weighted by molar-refractivity contribution is 5.89. The molecule has 1 aromatic carbocycles. The van der Waals surface area contributed by atoms with Crippen LogP contribution in [0.3, 0.4) is 0 Å². The third-order valence-electron chi connectivity index (χ3n) is 3.96. The number of aliphatic hydroxyl groups excluding tert-OH is 1. The normalized spacial score (nSPS) is 17.7. The van der Waals surface area contributed by atoms with E-state index >= 15 is 0 Å². The Morgan fingerprint density at radius 1 is 1.33 bits per heavy atom. The number of ether oxygens (including phenoxy) is 1. The summed E-state index contributed by atoms with van der Waals surface area (Å²) < 4.78 is 10.8. The summed E-state index contributed by atoms with van der Waals surface area (Å²) >= 11 is 0. The first kappa shape index (κ1) is 16.5. The van der Waals surface area contributed by atoms with E-state index in [1.54, 1.807) is 11.2 Å². The van der Waals surface area contributed by atoms with E-state index < -0.39 is 6.10 Å². The van der Waals surface area contributed by atoms with Crippen molar-refractivity contribution in [3.63, 3.8) is 0 Å². The van der Waals surface area contributed by atoms with Gasteiger partial charge in [-0.3, -0.25) is 0 Å². The van der Waals surface area contributed by atoms with Gasteiger partial charge in [0.15, 0.2) is 0 Å². The van der Waals surface area contributed by atoms with Crippen LogP contribution in [0.5, 0.6) is 0 Å². The number of hydrogen-bond acceptors (Lipinski definition) is 4. The second kappa shape index (κ2) is 7.99. The lowest BCUT2D eigenvalue weighted by Crippen LogP contribution is -2.44. The Balaban J connectivity index is 1.51. The number of furan rings is 1. The zero-order chi connectivity index (χ0) is 16.8. The number of carbonyl (C=O) groups is 1. The van der Waals surface area contributed by atoms with E-state index in [0.717, 1.165) is 29.9 Å². The van der Waals surface area contributed by atoms with Crippen LogP contribution in [0.15, 0.2) is 47.1 Å². The average molecular weight is 330 g/mol. The van der Waals surface area contributed by atoms with Crippen LogP contribution < -0.4 is 5.32 Å². The highest BCUT2D eigenvalue weighted by atomic mass is 16.5. The van der Waals surface area contributed by atoms with E-state index in [9.17, 15) is 9.90 Å². The molecule has 1 aromatic heterocycles. The van der Waals surface area contributed by atoms with Crippen LogP contribution in [0, 0.1) is 0 Å². The largest absolute Gasteiger partial charge is 0.467 e. The van der Waals surface area contributed by atoms with Gasteiger partial charge in [-0.15, -0.1) is 0 Å². The summed E-state index contributed by atoms with van der Waals surface area (Å²) in [5.74, 6) is 0.781. The number of carbonyl (C=O) groups excluding carboxylic acids is 1. The number of nitrogens with zero attached hydrogens (tertiary/aromatic N) is 1. The van der Waals surface area contributed by atoms with Crippen LogP contribution in [-0.4, -0.2) is 35.2 Å². The molecule has 0 aliphatic carbocycles. The minimum atomic E-state index is -0.425. The van der Waals surface area contributed by atoms with Crippen molar-refractivity contribution in [2.24, 2.45) is 0 Å². The molecule has 0 spiro atoms. The molecule has 24 heavy (non-hydrogen) atoms. The SMILES string of the molecule is O=C(Nc1cccc(COCc2ccco2)c1)N1CCCC(O)C1. The van der Waals surface area contributed by atoms with Gasteiger partial charge in [0.2, 0.25) is 0 Å². The predicted molar refractivity (Wildman–Crippen MR) is 89.5 cm³/mol. The number of rotatable bonds is 5. The Morgan fingerprint density at radius 2 is 2.25 bits per heavy atom. The molecule has 1 saturated heterocycles. The summed E-state index contributed by atoms with van der Waals surface area (Å²) in [6.07, 6.45) is 2.78. The monoisotopic (exact) mass is 330 g/mol. The van der Waals surface area contributed by atoms with Crippen molar-refractivity contribution in [1.82, 2.24) is 4.90 Å². The maximum absolute atomic E-state index is 12.3. The molecule has 1 atom stereocenters. The summed E-state index contributed by atoms with van der Waals surface area (Å²) in [6, 6.07) is 11.1. The smallest absolute Gasteiger partial charge is 0.321 e. The van der Waals surface area contributed by atoms with E-state index in [-0.39, 0.29) is 6.03 Å².